The molecule has 0 atom stereocenters. The lowest BCUT2D eigenvalue weighted by Gasteiger charge is -1.87. The van der Waals surface area contributed by atoms with Crippen molar-refractivity contribution < 1.29 is 5.21 Å². The molecule has 0 spiro atoms. The van der Waals surface area contributed by atoms with Gasteiger partial charge >= 0.3 is 0 Å². The molecule has 0 unspecified atom stereocenters. The minimum Gasteiger partial charge on any atom is -0.411 e. The first-order valence-electron chi connectivity index (χ1n) is 2.34. The van der Waals surface area contributed by atoms with Gasteiger partial charge in [-0.3, -0.25) is 0 Å². The molecule has 0 amide bonds. The number of hydrogen-bond donors (Lipinski definition) is 1. The summed E-state index contributed by atoms with van der Waals surface area (Å²) in [6.45, 7) is 5.46. The topological polar surface area (TPSA) is 32.6 Å². The summed E-state index contributed by atoms with van der Waals surface area (Å²) in [5, 5.41) is 10.9. The molecule has 0 aliphatic carbocycles. The average Bonchev–Trinajstić information content (AvgIpc) is 1.68. The van der Waals surface area contributed by atoms with Crippen LogP contribution in [0.25, 0.3) is 0 Å². The Bertz CT molecular complexity index is 68.5. The first-order valence-corrected chi connectivity index (χ1v) is 2.34. The van der Waals surface area contributed by atoms with Crippen LogP contribution in [0.5, 0.6) is 0 Å². The Morgan fingerprint density at radius 3 is 2.57 bits per heavy atom. The van der Waals surface area contributed by atoms with Crippen molar-refractivity contribution in [1.82, 2.24) is 0 Å². The highest BCUT2D eigenvalue weighted by Crippen LogP contribution is 1.87. The third-order valence-corrected chi connectivity index (χ3v) is 0.680. The fourth-order valence-electron chi connectivity index (χ4n) is 0.339. The molecule has 0 aromatic carbocycles. The summed E-state index contributed by atoms with van der Waals surface area (Å²) < 4.78 is 0. The Labute approximate surface area is 43.8 Å². The highest BCUT2D eigenvalue weighted by Gasteiger charge is 1.84. The van der Waals surface area contributed by atoms with Gasteiger partial charge in [0.1, 0.15) is 0 Å². The summed E-state index contributed by atoms with van der Waals surface area (Å²) in [6.07, 6.45) is 1.78. The molecular formula is C5H10NO. The molecule has 0 heterocycles. The maximum atomic E-state index is 7.99. The van der Waals surface area contributed by atoms with E-state index in [-0.39, 0.29) is 0 Å². The molecule has 0 saturated carbocycles. The fourth-order valence-corrected chi connectivity index (χ4v) is 0.339. The zero-order valence-corrected chi connectivity index (χ0v) is 4.52. The Balaban J connectivity index is 3.17. The normalized spacial score (nSPS) is 12.0. The maximum Gasteiger partial charge on any atom is 0.0574 e. The van der Waals surface area contributed by atoms with E-state index < -0.39 is 0 Å². The molecule has 41 valence electrons. The third kappa shape index (κ3) is 3.30. The van der Waals surface area contributed by atoms with Crippen molar-refractivity contribution in [3.8, 4) is 0 Å². The van der Waals surface area contributed by atoms with E-state index in [9.17, 15) is 0 Å². The van der Waals surface area contributed by atoms with E-state index in [0.717, 1.165) is 12.8 Å². The van der Waals surface area contributed by atoms with Gasteiger partial charge < -0.3 is 5.21 Å². The summed E-state index contributed by atoms with van der Waals surface area (Å²) in [5.74, 6) is 0. The number of oxime groups is 1. The first-order chi connectivity index (χ1) is 3.31. The van der Waals surface area contributed by atoms with E-state index >= 15 is 0 Å². The van der Waals surface area contributed by atoms with Gasteiger partial charge in [-0.1, -0.05) is 18.5 Å². The molecule has 2 nitrogen and oxygen atoms in total. The van der Waals surface area contributed by atoms with Crippen LogP contribution in [-0.4, -0.2) is 10.9 Å². The zero-order chi connectivity index (χ0) is 5.70. The molecule has 2 heteroatoms. The fraction of sp³-hybridized carbons (Fsp3) is 0.600. The van der Waals surface area contributed by atoms with Gasteiger partial charge in [-0.25, -0.2) is 0 Å². The van der Waals surface area contributed by atoms with E-state index in [0.29, 0.717) is 5.71 Å². The van der Waals surface area contributed by atoms with E-state index in [1.165, 1.54) is 0 Å². The number of hydrogen-bond acceptors (Lipinski definition) is 2. The molecule has 0 aromatic heterocycles. The summed E-state index contributed by atoms with van der Waals surface area (Å²) in [6, 6.07) is 0. The van der Waals surface area contributed by atoms with Gasteiger partial charge in [-0.05, 0) is 13.3 Å². The van der Waals surface area contributed by atoms with Crippen LogP contribution in [0.2, 0.25) is 0 Å². The predicted octanol–water partition coefficient (Wildman–Crippen LogP) is 1.45. The molecule has 0 aromatic rings. The minimum absolute atomic E-state index is 0.558. The molecular weight excluding hydrogens is 90.1 g/mol. The summed E-state index contributed by atoms with van der Waals surface area (Å²) in [7, 11) is 0. The predicted molar refractivity (Wildman–Crippen MR) is 29.5 cm³/mol. The lowest BCUT2D eigenvalue weighted by molar-refractivity contribution is 0.318. The van der Waals surface area contributed by atoms with Crippen LogP contribution in [0.15, 0.2) is 5.16 Å². The monoisotopic (exact) mass is 100 g/mol. The van der Waals surface area contributed by atoms with Crippen molar-refractivity contribution in [2.24, 2.45) is 5.16 Å². The summed E-state index contributed by atoms with van der Waals surface area (Å²) >= 11 is 0. The van der Waals surface area contributed by atoms with Crippen LogP contribution in [0.4, 0.5) is 0 Å². The quantitative estimate of drug-likeness (QED) is 0.318. The Morgan fingerprint density at radius 1 is 1.86 bits per heavy atom. The molecule has 1 radical (unpaired) electrons. The standard InChI is InChI=1S/C5H10NO/c1-3-4-5(2)6-7/h7H,2-4H2,1H3/b6-5-. The van der Waals surface area contributed by atoms with Gasteiger partial charge in [0.15, 0.2) is 0 Å². The highest BCUT2D eigenvalue weighted by atomic mass is 16.4. The van der Waals surface area contributed by atoms with Gasteiger partial charge in [0.25, 0.3) is 0 Å². The number of rotatable bonds is 2. The number of nitrogens with zero attached hydrogens (tertiary/aromatic N) is 1. The van der Waals surface area contributed by atoms with E-state index in [1.807, 2.05) is 6.92 Å². The molecule has 0 fully saturated rings. The molecule has 0 saturated heterocycles. The zero-order valence-electron chi connectivity index (χ0n) is 4.52. The minimum atomic E-state index is 0.558. The molecule has 0 aliphatic rings. The van der Waals surface area contributed by atoms with E-state index in [4.69, 9.17) is 5.21 Å². The van der Waals surface area contributed by atoms with Crippen molar-refractivity contribution in [1.29, 1.82) is 0 Å². The smallest absolute Gasteiger partial charge is 0.0574 e. The third-order valence-electron chi connectivity index (χ3n) is 0.680. The maximum absolute atomic E-state index is 7.99. The second-order valence-corrected chi connectivity index (χ2v) is 1.42. The van der Waals surface area contributed by atoms with Crippen LogP contribution in [-0.2, 0) is 0 Å². The summed E-state index contributed by atoms with van der Waals surface area (Å²) in [4.78, 5) is 0. The van der Waals surface area contributed by atoms with Crippen molar-refractivity contribution in [3.05, 3.63) is 6.92 Å². The van der Waals surface area contributed by atoms with Crippen LogP contribution in [0, 0.1) is 6.92 Å². The lowest BCUT2D eigenvalue weighted by Crippen LogP contribution is -1.87. The molecule has 0 aliphatic heterocycles. The van der Waals surface area contributed by atoms with E-state index in [1.54, 1.807) is 0 Å². The van der Waals surface area contributed by atoms with Gasteiger partial charge in [0.2, 0.25) is 0 Å². The van der Waals surface area contributed by atoms with Crippen LogP contribution < -0.4 is 0 Å². The van der Waals surface area contributed by atoms with Gasteiger partial charge in [-0.15, -0.1) is 0 Å². The van der Waals surface area contributed by atoms with Crippen molar-refractivity contribution in [2.45, 2.75) is 19.8 Å². The van der Waals surface area contributed by atoms with Crippen molar-refractivity contribution in [3.63, 3.8) is 0 Å². The SMILES string of the molecule is [CH2]/C(CCC)=N/O. The van der Waals surface area contributed by atoms with Crippen LogP contribution in [0.1, 0.15) is 19.8 Å². The second kappa shape index (κ2) is 3.65. The molecule has 1 N–H and O–H groups in total. The van der Waals surface area contributed by atoms with Gasteiger partial charge in [0.05, 0.1) is 5.71 Å². The molecule has 7 heavy (non-hydrogen) atoms. The largest absolute Gasteiger partial charge is 0.411 e. The average molecular weight is 100 g/mol. The van der Waals surface area contributed by atoms with Crippen molar-refractivity contribution in [2.75, 3.05) is 0 Å². The van der Waals surface area contributed by atoms with Gasteiger partial charge in [0, 0.05) is 0 Å². The Morgan fingerprint density at radius 2 is 2.43 bits per heavy atom. The van der Waals surface area contributed by atoms with Gasteiger partial charge in [-0.2, -0.15) is 0 Å². The molecule has 0 rings (SSSR count). The first kappa shape index (κ1) is 6.47. The second-order valence-electron chi connectivity index (χ2n) is 1.42. The van der Waals surface area contributed by atoms with E-state index in [2.05, 4.69) is 12.1 Å². The Kier molecular flexibility index (Phi) is 3.38. The van der Waals surface area contributed by atoms with Crippen LogP contribution in [0.3, 0.4) is 0 Å². The highest BCUT2D eigenvalue weighted by molar-refractivity contribution is 5.87. The summed E-state index contributed by atoms with van der Waals surface area (Å²) in [5.41, 5.74) is 0.558. The molecule has 0 bridgehead atoms. The van der Waals surface area contributed by atoms with Crippen molar-refractivity contribution >= 4 is 5.71 Å². The Hall–Kier alpha value is -0.530. The van der Waals surface area contributed by atoms with Crippen LogP contribution >= 0.6 is 0 Å². The lowest BCUT2D eigenvalue weighted by atomic mass is 10.2.